The molecule has 0 N–H and O–H groups in total. The lowest BCUT2D eigenvalue weighted by Crippen LogP contribution is -2.04. The Morgan fingerprint density at radius 1 is 0.429 bits per heavy atom. The first-order valence-electron chi connectivity index (χ1n) is 9.03. The van der Waals surface area contributed by atoms with Gasteiger partial charge >= 0.3 is 6.18 Å². The second kappa shape index (κ2) is 6.10. The van der Waals surface area contributed by atoms with Gasteiger partial charge in [-0.2, -0.15) is 13.2 Å². The van der Waals surface area contributed by atoms with Crippen molar-refractivity contribution in [2.75, 3.05) is 0 Å². The highest BCUT2D eigenvalue weighted by Gasteiger charge is 2.30. The highest BCUT2D eigenvalue weighted by molar-refractivity contribution is 6.25. The van der Waals surface area contributed by atoms with E-state index in [9.17, 15) is 13.2 Å². The van der Waals surface area contributed by atoms with E-state index >= 15 is 0 Å². The maximum absolute atomic E-state index is 13.1. The normalized spacial score (nSPS) is 12.1. The molecule has 0 aliphatic heterocycles. The van der Waals surface area contributed by atoms with Crippen molar-refractivity contribution in [1.29, 1.82) is 0 Å². The van der Waals surface area contributed by atoms with Crippen molar-refractivity contribution >= 4 is 32.3 Å². The van der Waals surface area contributed by atoms with Crippen LogP contribution in [0.2, 0.25) is 0 Å². The average molecular weight is 372 g/mol. The number of benzene rings is 5. The molecule has 28 heavy (non-hydrogen) atoms. The Bertz CT molecular complexity index is 1310. The molecule has 3 heteroatoms. The van der Waals surface area contributed by atoms with Crippen LogP contribution >= 0.6 is 0 Å². The molecule has 0 atom stereocenters. The summed E-state index contributed by atoms with van der Waals surface area (Å²) in [6.45, 7) is 0. The van der Waals surface area contributed by atoms with Crippen molar-refractivity contribution in [3.05, 3.63) is 96.6 Å². The smallest absolute Gasteiger partial charge is 0.166 e. The molecule has 0 amide bonds. The van der Waals surface area contributed by atoms with E-state index in [2.05, 4.69) is 24.3 Å². The zero-order valence-corrected chi connectivity index (χ0v) is 14.8. The van der Waals surface area contributed by atoms with Crippen molar-refractivity contribution in [3.8, 4) is 11.1 Å². The molecule has 5 aromatic rings. The molecule has 0 saturated carbocycles. The number of fused-ring (bicyclic) bond motifs is 6. The quantitative estimate of drug-likeness (QED) is 0.263. The van der Waals surface area contributed by atoms with Gasteiger partial charge in [-0.3, -0.25) is 0 Å². The van der Waals surface area contributed by atoms with Crippen LogP contribution in [0, 0.1) is 0 Å². The van der Waals surface area contributed by atoms with E-state index in [-0.39, 0.29) is 0 Å². The summed E-state index contributed by atoms with van der Waals surface area (Å²) in [7, 11) is 0. The first kappa shape index (κ1) is 16.8. The molecule has 0 saturated heterocycles. The van der Waals surface area contributed by atoms with E-state index < -0.39 is 11.7 Å². The molecule has 0 heterocycles. The van der Waals surface area contributed by atoms with Crippen LogP contribution in [-0.4, -0.2) is 0 Å². The van der Waals surface area contributed by atoms with Crippen LogP contribution in [0.3, 0.4) is 0 Å². The summed E-state index contributed by atoms with van der Waals surface area (Å²) in [5.41, 5.74) is 0.710. The van der Waals surface area contributed by atoms with Crippen LogP contribution in [0.5, 0.6) is 0 Å². The first-order valence-corrected chi connectivity index (χ1v) is 9.03. The van der Waals surface area contributed by atoms with Gasteiger partial charge in [0.05, 0.1) is 5.56 Å². The zero-order valence-electron chi connectivity index (χ0n) is 14.8. The summed E-state index contributed by atoms with van der Waals surface area (Å²) in [6, 6.07) is 27.8. The third-order valence-electron chi connectivity index (χ3n) is 5.27. The summed E-state index contributed by atoms with van der Waals surface area (Å²) >= 11 is 0. The predicted molar refractivity (Wildman–Crippen MR) is 109 cm³/mol. The second-order valence-corrected chi connectivity index (χ2v) is 6.93. The zero-order chi connectivity index (χ0) is 19.3. The molecule has 0 radical (unpaired) electrons. The van der Waals surface area contributed by atoms with E-state index in [1.54, 1.807) is 6.07 Å². The number of alkyl halides is 3. The molecule has 0 fully saturated rings. The van der Waals surface area contributed by atoms with Crippen LogP contribution < -0.4 is 0 Å². The molecule has 0 nitrogen and oxygen atoms in total. The third kappa shape index (κ3) is 2.63. The van der Waals surface area contributed by atoms with Crippen molar-refractivity contribution in [3.63, 3.8) is 0 Å². The van der Waals surface area contributed by atoms with Crippen LogP contribution in [0.4, 0.5) is 13.2 Å². The molecular formula is C25H15F3. The monoisotopic (exact) mass is 372 g/mol. The van der Waals surface area contributed by atoms with Crippen molar-refractivity contribution in [1.82, 2.24) is 0 Å². The lowest BCUT2D eigenvalue weighted by atomic mass is 9.92. The van der Waals surface area contributed by atoms with Crippen LogP contribution in [0.15, 0.2) is 91.0 Å². The predicted octanol–water partition coefficient (Wildman–Crippen LogP) is 7.83. The fraction of sp³-hybridized carbons (Fsp3) is 0.0400. The first-order chi connectivity index (χ1) is 13.5. The Morgan fingerprint density at radius 3 is 1.50 bits per heavy atom. The fourth-order valence-corrected chi connectivity index (χ4v) is 3.96. The Hall–Kier alpha value is -3.33. The van der Waals surface area contributed by atoms with Gasteiger partial charge in [-0.15, -0.1) is 0 Å². The molecule has 0 unspecified atom stereocenters. The van der Waals surface area contributed by atoms with Gasteiger partial charge in [0.2, 0.25) is 0 Å². The van der Waals surface area contributed by atoms with Gasteiger partial charge in [0, 0.05) is 0 Å². The Morgan fingerprint density at radius 2 is 0.929 bits per heavy atom. The molecule has 0 bridgehead atoms. The van der Waals surface area contributed by atoms with Crippen molar-refractivity contribution in [2.24, 2.45) is 0 Å². The minimum Gasteiger partial charge on any atom is -0.166 e. The van der Waals surface area contributed by atoms with Crippen molar-refractivity contribution < 1.29 is 13.2 Å². The van der Waals surface area contributed by atoms with E-state index in [0.29, 0.717) is 5.56 Å². The number of rotatable bonds is 1. The highest BCUT2D eigenvalue weighted by atomic mass is 19.4. The summed E-state index contributed by atoms with van der Waals surface area (Å²) in [6.07, 6.45) is -4.35. The third-order valence-corrected chi connectivity index (χ3v) is 5.27. The average Bonchev–Trinajstić information content (AvgIpc) is 2.73. The van der Waals surface area contributed by atoms with Gasteiger partial charge in [-0.25, -0.2) is 0 Å². The second-order valence-electron chi connectivity index (χ2n) is 6.93. The van der Waals surface area contributed by atoms with E-state index in [0.717, 1.165) is 38.6 Å². The summed E-state index contributed by atoms with van der Waals surface area (Å²) in [4.78, 5) is 0. The van der Waals surface area contributed by atoms with Gasteiger partial charge in [-0.05, 0) is 61.6 Å². The largest absolute Gasteiger partial charge is 0.416 e. The van der Waals surface area contributed by atoms with Gasteiger partial charge in [-0.1, -0.05) is 72.8 Å². The number of hydrogen-bond donors (Lipinski definition) is 0. The molecule has 0 aliphatic rings. The maximum atomic E-state index is 13.1. The lowest BCUT2D eigenvalue weighted by Gasteiger charge is -2.13. The van der Waals surface area contributed by atoms with Crippen LogP contribution in [-0.2, 0) is 6.18 Å². The number of hydrogen-bond acceptors (Lipinski definition) is 0. The molecule has 5 aromatic carbocycles. The van der Waals surface area contributed by atoms with Crippen LogP contribution in [0.25, 0.3) is 43.4 Å². The van der Waals surface area contributed by atoms with Gasteiger partial charge in [0.25, 0.3) is 0 Å². The minimum atomic E-state index is -4.35. The fourth-order valence-electron chi connectivity index (χ4n) is 3.96. The van der Waals surface area contributed by atoms with Gasteiger partial charge < -0.3 is 0 Å². The molecule has 0 aromatic heterocycles. The van der Waals surface area contributed by atoms with Crippen molar-refractivity contribution in [2.45, 2.75) is 6.18 Å². The number of halogens is 3. The topological polar surface area (TPSA) is 0 Å². The summed E-state index contributed by atoms with van der Waals surface area (Å²) in [5, 5.41) is 6.72. The van der Waals surface area contributed by atoms with E-state index in [1.165, 1.54) is 17.5 Å². The molecule has 136 valence electrons. The lowest BCUT2D eigenvalue weighted by molar-refractivity contribution is -0.137. The minimum absolute atomic E-state index is 0.564. The van der Waals surface area contributed by atoms with E-state index in [1.807, 2.05) is 42.5 Å². The summed E-state index contributed by atoms with van der Waals surface area (Å²) in [5.74, 6) is 0. The Labute approximate surface area is 159 Å². The standard InChI is InChI=1S/C25H15F3/c26-25(27,28)18-7-5-6-16(14-18)17-12-13-23-21-10-2-1-8-19(21)20-9-3-4-11-22(20)24(23)15-17/h1-15H. The van der Waals surface area contributed by atoms with Gasteiger partial charge in [0.15, 0.2) is 0 Å². The molecule has 5 rings (SSSR count). The maximum Gasteiger partial charge on any atom is 0.416 e. The molecule has 0 spiro atoms. The Kier molecular flexibility index (Phi) is 3.66. The van der Waals surface area contributed by atoms with Crippen LogP contribution in [0.1, 0.15) is 5.56 Å². The summed E-state index contributed by atoms with van der Waals surface area (Å²) < 4.78 is 39.4. The highest BCUT2D eigenvalue weighted by Crippen LogP contribution is 2.38. The van der Waals surface area contributed by atoms with Gasteiger partial charge in [0.1, 0.15) is 0 Å². The molecular weight excluding hydrogens is 357 g/mol. The Balaban J connectivity index is 1.83. The molecule has 0 aliphatic carbocycles. The van der Waals surface area contributed by atoms with E-state index in [4.69, 9.17) is 0 Å². The SMILES string of the molecule is FC(F)(F)c1cccc(-c2ccc3c4ccccc4c4ccccc4c3c2)c1.